The topological polar surface area (TPSA) is 168 Å². The van der Waals surface area contributed by atoms with E-state index in [2.05, 4.69) is 33.3 Å². The number of hydrogen-bond donors (Lipinski definition) is 6. The maximum Gasteiger partial charge on any atom is 0.272 e. The second kappa shape index (κ2) is 11.2. The van der Waals surface area contributed by atoms with E-state index in [0.717, 1.165) is 35.9 Å². The number of carbonyl (C=O) groups excluding carboxylic acids is 1. The zero-order valence-corrected chi connectivity index (χ0v) is 22.4. The number of H-pyrrole nitrogens is 1. The van der Waals surface area contributed by atoms with E-state index in [1.165, 1.54) is 7.11 Å². The SMILES string of the molecule is CCC(CC[NH3+])N=C1NC=NC(C)(N)C1C(=N)c1ccc(NC(=O)c2cc3cccc(C)c3[nH]2)c(OC)c1. The smallest absolute Gasteiger partial charge is 0.272 e. The Kier molecular flexibility index (Phi) is 7.94. The number of aryl methyl sites for hydroxylation is 1. The molecule has 38 heavy (non-hydrogen) atoms. The highest BCUT2D eigenvalue weighted by atomic mass is 16.5. The molecule has 3 unspecified atom stereocenters. The molecule has 1 amide bonds. The summed E-state index contributed by atoms with van der Waals surface area (Å²) >= 11 is 0. The van der Waals surface area contributed by atoms with Crippen molar-refractivity contribution in [2.45, 2.75) is 45.3 Å². The number of para-hydroxylation sites is 1. The number of anilines is 1. The van der Waals surface area contributed by atoms with Crippen molar-refractivity contribution >= 4 is 40.4 Å². The van der Waals surface area contributed by atoms with Gasteiger partial charge in [-0.1, -0.05) is 31.2 Å². The molecule has 0 aliphatic carbocycles. The standard InChI is InChI=1S/C28H36N8O2/c1-5-19(11-12-29)34-26-23(28(3,31)33-15-32-26)24(30)17-9-10-20(22(14-17)38-4)36-27(37)21-13-18-8-6-7-16(2)25(18)35-21/h6-10,13-15,19,23,30,35H,5,11-12,29,31H2,1-4H3,(H,36,37)(H,32,33,34)/p+1. The van der Waals surface area contributed by atoms with E-state index in [1.807, 2.05) is 31.2 Å². The van der Waals surface area contributed by atoms with Crippen LogP contribution in [-0.4, -0.2) is 54.1 Å². The van der Waals surface area contributed by atoms with Gasteiger partial charge in [0.1, 0.15) is 22.9 Å². The third-order valence-corrected chi connectivity index (χ3v) is 6.90. The van der Waals surface area contributed by atoms with Crippen molar-refractivity contribution in [2.24, 2.45) is 21.6 Å². The fraction of sp³-hybridized carbons (Fsp3) is 0.357. The van der Waals surface area contributed by atoms with E-state index in [9.17, 15) is 4.79 Å². The number of amides is 1. The summed E-state index contributed by atoms with van der Waals surface area (Å²) in [4.78, 5) is 25.5. The van der Waals surface area contributed by atoms with E-state index in [1.54, 1.807) is 31.5 Å². The summed E-state index contributed by atoms with van der Waals surface area (Å²) in [5.41, 5.74) is 13.2. The van der Waals surface area contributed by atoms with Crippen molar-refractivity contribution in [3.63, 3.8) is 0 Å². The van der Waals surface area contributed by atoms with Gasteiger partial charge in [0.2, 0.25) is 0 Å². The molecule has 0 bridgehead atoms. The molecule has 0 radical (unpaired) electrons. The molecule has 1 aromatic heterocycles. The van der Waals surface area contributed by atoms with Gasteiger partial charge in [0, 0.05) is 17.3 Å². The highest BCUT2D eigenvalue weighted by Crippen LogP contribution is 2.31. The number of aromatic amines is 1. The van der Waals surface area contributed by atoms with Gasteiger partial charge in [-0.15, -0.1) is 0 Å². The zero-order chi connectivity index (χ0) is 27.4. The molecule has 0 fully saturated rings. The molecule has 10 heteroatoms. The van der Waals surface area contributed by atoms with E-state index in [-0.39, 0.29) is 17.7 Å². The molecule has 200 valence electrons. The van der Waals surface area contributed by atoms with Gasteiger partial charge in [-0.2, -0.15) is 0 Å². The number of nitrogens with two attached hydrogens (primary N) is 1. The molecular weight excluding hydrogens is 480 g/mol. The van der Waals surface area contributed by atoms with Gasteiger partial charge in [0.25, 0.3) is 5.91 Å². The maximum atomic E-state index is 13.0. The molecule has 3 aromatic rings. The summed E-state index contributed by atoms with van der Waals surface area (Å²) in [5.74, 6) is 0.167. The number of carbonyl (C=O) groups is 1. The monoisotopic (exact) mass is 517 g/mol. The number of aromatic nitrogens is 1. The van der Waals surface area contributed by atoms with Crippen LogP contribution in [-0.2, 0) is 0 Å². The van der Waals surface area contributed by atoms with E-state index in [4.69, 9.17) is 20.9 Å². The maximum absolute atomic E-state index is 13.0. The number of nitrogens with zero attached hydrogens (tertiary/aromatic N) is 2. The van der Waals surface area contributed by atoms with Crippen LogP contribution >= 0.6 is 0 Å². The van der Waals surface area contributed by atoms with Crippen molar-refractivity contribution < 1.29 is 15.3 Å². The zero-order valence-electron chi connectivity index (χ0n) is 22.4. The average molecular weight is 518 g/mol. The lowest BCUT2D eigenvalue weighted by molar-refractivity contribution is -0.368. The van der Waals surface area contributed by atoms with Crippen molar-refractivity contribution in [1.82, 2.24) is 10.3 Å². The normalized spacial score (nSPS) is 20.8. The Bertz CT molecular complexity index is 1410. The Hall–Kier alpha value is -4.02. The lowest BCUT2D eigenvalue weighted by atomic mass is 9.84. The molecule has 0 saturated carbocycles. The fourth-order valence-corrected chi connectivity index (χ4v) is 4.75. The number of benzene rings is 2. The van der Waals surface area contributed by atoms with Gasteiger partial charge < -0.3 is 37.2 Å². The minimum absolute atomic E-state index is 0.0770. The molecule has 3 atom stereocenters. The summed E-state index contributed by atoms with van der Waals surface area (Å²) in [6, 6.07) is 13.1. The van der Waals surface area contributed by atoms with Crippen molar-refractivity contribution in [3.8, 4) is 5.75 Å². The van der Waals surface area contributed by atoms with Crippen LogP contribution in [0, 0.1) is 18.3 Å². The highest BCUT2D eigenvalue weighted by Gasteiger charge is 2.40. The Morgan fingerprint density at radius 2 is 2.13 bits per heavy atom. The molecule has 9 N–H and O–H groups in total. The number of aliphatic imine (C=N–C) groups is 2. The van der Waals surface area contributed by atoms with Gasteiger partial charge >= 0.3 is 0 Å². The minimum atomic E-state index is -1.06. The second-order valence-corrected chi connectivity index (χ2v) is 9.79. The van der Waals surface area contributed by atoms with E-state index in [0.29, 0.717) is 28.5 Å². The predicted molar refractivity (Wildman–Crippen MR) is 152 cm³/mol. The third kappa shape index (κ3) is 5.46. The number of rotatable bonds is 9. The Labute approximate surface area is 222 Å². The fourth-order valence-electron chi connectivity index (χ4n) is 4.75. The van der Waals surface area contributed by atoms with Crippen LogP contribution in [0.5, 0.6) is 5.75 Å². The van der Waals surface area contributed by atoms with Crippen LogP contribution in [0.4, 0.5) is 5.69 Å². The van der Waals surface area contributed by atoms with Crippen LogP contribution in [0.1, 0.15) is 48.3 Å². The molecule has 10 nitrogen and oxygen atoms in total. The highest BCUT2D eigenvalue weighted by molar-refractivity contribution is 6.17. The molecule has 2 heterocycles. The first-order valence-electron chi connectivity index (χ1n) is 12.8. The Balaban J connectivity index is 1.61. The number of ether oxygens (including phenoxy) is 1. The summed E-state index contributed by atoms with van der Waals surface area (Å²) in [6.45, 7) is 6.64. The lowest BCUT2D eigenvalue weighted by Gasteiger charge is -2.35. The second-order valence-electron chi connectivity index (χ2n) is 9.79. The van der Waals surface area contributed by atoms with Crippen molar-refractivity contribution in [2.75, 3.05) is 19.0 Å². The predicted octanol–water partition coefficient (Wildman–Crippen LogP) is 2.84. The number of hydrogen-bond acceptors (Lipinski definition) is 6. The lowest BCUT2D eigenvalue weighted by Crippen LogP contribution is -2.57. The number of methoxy groups -OCH3 is 1. The molecule has 0 saturated heterocycles. The van der Waals surface area contributed by atoms with Crippen LogP contribution in [0.2, 0.25) is 0 Å². The summed E-state index contributed by atoms with van der Waals surface area (Å²) in [7, 11) is 1.53. The Morgan fingerprint density at radius 1 is 1.34 bits per heavy atom. The number of fused-ring (bicyclic) bond motifs is 1. The van der Waals surface area contributed by atoms with Gasteiger partial charge in [-0.3, -0.25) is 14.8 Å². The Morgan fingerprint density at radius 3 is 2.82 bits per heavy atom. The summed E-state index contributed by atoms with van der Waals surface area (Å²) in [5, 5.41) is 16.1. The van der Waals surface area contributed by atoms with Crippen LogP contribution in [0.3, 0.4) is 0 Å². The largest absolute Gasteiger partial charge is 0.495 e. The van der Waals surface area contributed by atoms with E-state index >= 15 is 0 Å². The molecule has 1 aliphatic heterocycles. The van der Waals surface area contributed by atoms with Gasteiger partial charge in [-0.05, 0) is 49.6 Å². The van der Waals surface area contributed by atoms with Crippen molar-refractivity contribution in [1.29, 1.82) is 5.41 Å². The number of amidine groups is 1. The van der Waals surface area contributed by atoms with Crippen LogP contribution < -0.4 is 26.8 Å². The van der Waals surface area contributed by atoms with Gasteiger partial charge in [-0.25, -0.2) is 0 Å². The summed E-state index contributed by atoms with van der Waals surface area (Å²) < 4.78 is 5.60. The van der Waals surface area contributed by atoms with Crippen LogP contribution in [0.25, 0.3) is 10.9 Å². The third-order valence-electron chi connectivity index (χ3n) is 6.90. The molecule has 4 rings (SSSR count). The number of quaternary nitrogens is 1. The van der Waals surface area contributed by atoms with Gasteiger partial charge in [0.15, 0.2) is 0 Å². The molecule has 2 aromatic carbocycles. The average Bonchev–Trinajstić information content (AvgIpc) is 3.34. The first kappa shape index (κ1) is 27.0. The van der Waals surface area contributed by atoms with Crippen molar-refractivity contribution in [3.05, 3.63) is 59.3 Å². The minimum Gasteiger partial charge on any atom is -0.495 e. The molecule has 0 spiro atoms. The molecular formula is C28H37N8O2+. The van der Waals surface area contributed by atoms with Gasteiger partial charge in [0.05, 0.1) is 43.4 Å². The van der Waals surface area contributed by atoms with Crippen LogP contribution in [0.15, 0.2) is 52.4 Å². The quantitative estimate of drug-likeness (QED) is 0.240. The first-order chi connectivity index (χ1) is 18.2. The van der Waals surface area contributed by atoms with E-state index < -0.39 is 11.6 Å². The summed E-state index contributed by atoms with van der Waals surface area (Å²) in [6.07, 6.45) is 3.25. The molecule has 1 aliphatic rings. The number of nitrogens with one attached hydrogen (secondary N) is 4. The first-order valence-corrected chi connectivity index (χ1v) is 12.8.